The third-order valence-corrected chi connectivity index (χ3v) is 2.36. The smallest absolute Gasteiger partial charge is 0.263 e. The highest BCUT2D eigenvalue weighted by Crippen LogP contribution is 2.19. The number of carbonyl (C=O) groups is 1. The van der Waals surface area contributed by atoms with Crippen LogP contribution in [0.1, 0.15) is 0 Å². The van der Waals surface area contributed by atoms with Gasteiger partial charge in [-0.3, -0.25) is 4.79 Å². The maximum absolute atomic E-state index is 13.4. The topological polar surface area (TPSA) is 74.1 Å². The Morgan fingerprint density at radius 2 is 2.10 bits per heavy atom. The Morgan fingerprint density at radius 1 is 1.38 bits per heavy atom. The number of halogens is 3. The van der Waals surface area contributed by atoms with Crippen LogP contribution in [0.15, 0.2) is 23.9 Å². The number of anilines is 1. The summed E-state index contributed by atoms with van der Waals surface area (Å²) in [4.78, 5) is 11.6. The Bertz CT molecular complexity index is 597. The van der Waals surface area contributed by atoms with E-state index < -0.39 is 29.0 Å². The first kappa shape index (κ1) is 16.5. The van der Waals surface area contributed by atoms with Crippen LogP contribution in [0.5, 0.6) is 0 Å². The third-order valence-electron chi connectivity index (χ3n) is 2.36. The van der Waals surface area contributed by atoms with Gasteiger partial charge < -0.3 is 15.4 Å². The van der Waals surface area contributed by atoms with Gasteiger partial charge in [0.2, 0.25) is 0 Å². The standard InChI is InChI=1S/C13H12F3N3O2/c1-21-5-4-18-13(20)8(6-17)7-19-10-3-2-9(14)11(15)12(10)16/h2-3,7,19H,4-5H2,1H3,(H,18,20)/b8-7-. The summed E-state index contributed by atoms with van der Waals surface area (Å²) in [5, 5.41) is 13.4. The van der Waals surface area contributed by atoms with E-state index >= 15 is 0 Å². The van der Waals surface area contributed by atoms with Gasteiger partial charge in [0.05, 0.1) is 12.3 Å². The molecule has 0 aromatic heterocycles. The van der Waals surface area contributed by atoms with E-state index in [4.69, 9.17) is 10.00 Å². The SMILES string of the molecule is COCCNC(=O)/C(C#N)=C\Nc1ccc(F)c(F)c1F. The first-order valence-corrected chi connectivity index (χ1v) is 5.78. The summed E-state index contributed by atoms with van der Waals surface area (Å²) in [5.74, 6) is -5.12. The van der Waals surface area contributed by atoms with Crippen LogP contribution in [0, 0.1) is 28.8 Å². The van der Waals surface area contributed by atoms with Gasteiger partial charge in [-0.05, 0) is 12.1 Å². The molecule has 0 unspecified atom stereocenters. The number of hydrogen-bond donors (Lipinski definition) is 2. The van der Waals surface area contributed by atoms with Crippen molar-refractivity contribution in [1.29, 1.82) is 5.26 Å². The van der Waals surface area contributed by atoms with Gasteiger partial charge in [0.15, 0.2) is 17.5 Å². The molecule has 0 heterocycles. The lowest BCUT2D eigenvalue weighted by Gasteiger charge is -2.06. The van der Waals surface area contributed by atoms with E-state index in [0.29, 0.717) is 0 Å². The number of rotatable bonds is 6. The molecule has 0 radical (unpaired) electrons. The van der Waals surface area contributed by atoms with E-state index in [1.54, 1.807) is 6.07 Å². The molecular formula is C13H12F3N3O2. The highest BCUT2D eigenvalue weighted by molar-refractivity contribution is 5.97. The third kappa shape index (κ3) is 4.50. The van der Waals surface area contributed by atoms with Crippen molar-refractivity contribution in [3.8, 4) is 6.07 Å². The van der Waals surface area contributed by atoms with Crippen LogP contribution in [-0.2, 0) is 9.53 Å². The summed E-state index contributed by atoms with van der Waals surface area (Å²) in [7, 11) is 1.45. The van der Waals surface area contributed by atoms with Crippen molar-refractivity contribution in [3.63, 3.8) is 0 Å². The molecule has 0 aliphatic carbocycles. The van der Waals surface area contributed by atoms with Crippen molar-refractivity contribution >= 4 is 11.6 Å². The molecule has 0 spiro atoms. The lowest BCUT2D eigenvalue weighted by molar-refractivity contribution is -0.117. The fourth-order valence-corrected chi connectivity index (χ4v) is 1.30. The minimum absolute atomic E-state index is 0.188. The van der Waals surface area contributed by atoms with Crippen LogP contribution in [0.2, 0.25) is 0 Å². The predicted molar refractivity (Wildman–Crippen MR) is 68.5 cm³/mol. The molecule has 112 valence electrons. The molecule has 0 saturated heterocycles. The number of amides is 1. The fraction of sp³-hybridized carbons (Fsp3) is 0.231. The van der Waals surface area contributed by atoms with Gasteiger partial charge in [-0.25, -0.2) is 13.2 Å². The average Bonchev–Trinajstić information content (AvgIpc) is 2.48. The van der Waals surface area contributed by atoms with Crippen LogP contribution in [0.4, 0.5) is 18.9 Å². The molecule has 0 saturated carbocycles. The predicted octanol–water partition coefficient (Wildman–Crippen LogP) is 1.69. The summed E-state index contributed by atoms with van der Waals surface area (Å²) >= 11 is 0. The number of nitriles is 1. The van der Waals surface area contributed by atoms with Crippen molar-refractivity contribution in [2.45, 2.75) is 0 Å². The Balaban J connectivity index is 2.80. The van der Waals surface area contributed by atoms with Gasteiger partial charge in [0.25, 0.3) is 5.91 Å². The van der Waals surface area contributed by atoms with Gasteiger partial charge in [0, 0.05) is 19.9 Å². The molecule has 5 nitrogen and oxygen atoms in total. The van der Waals surface area contributed by atoms with Gasteiger partial charge in [-0.2, -0.15) is 5.26 Å². The van der Waals surface area contributed by atoms with E-state index in [9.17, 15) is 18.0 Å². The first-order chi connectivity index (χ1) is 10.0. The van der Waals surface area contributed by atoms with Crippen LogP contribution < -0.4 is 10.6 Å². The Labute approximate surface area is 119 Å². The quantitative estimate of drug-likeness (QED) is 0.363. The number of carbonyl (C=O) groups excluding carboxylic acids is 1. The molecule has 0 aliphatic rings. The normalized spacial score (nSPS) is 10.9. The minimum Gasteiger partial charge on any atom is -0.383 e. The number of methoxy groups -OCH3 is 1. The number of ether oxygens (including phenoxy) is 1. The minimum atomic E-state index is -1.64. The molecule has 8 heteroatoms. The largest absolute Gasteiger partial charge is 0.383 e. The summed E-state index contributed by atoms with van der Waals surface area (Å²) in [5.41, 5.74) is -0.749. The molecule has 0 bridgehead atoms. The molecule has 0 fully saturated rings. The first-order valence-electron chi connectivity index (χ1n) is 5.78. The summed E-state index contributed by atoms with van der Waals surface area (Å²) in [6.07, 6.45) is 0.901. The Kier molecular flexibility index (Phi) is 6.23. The second-order valence-electron chi connectivity index (χ2n) is 3.79. The van der Waals surface area contributed by atoms with Crippen LogP contribution in [-0.4, -0.2) is 26.2 Å². The van der Waals surface area contributed by atoms with Gasteiger partial charge in [-0.15, -0.1) is 0 Å². The molecule has 1 aromatic rings. The maximum atomic E-state index is 13.4. The highest BCUT2D eigenvalue weighted by Gasteiger charge is 2.13. The molecule has 0 aliphatic heterocycles. The van der Waals surface area contributed by atoms with E-state index in [-0.39, 0.29) is 18.7 Å². The second kappa shape index (κ2) is 7.91. The molecule has 1 aromatic carbocycles. The van der Waals surface area contributed by atoms with Gasteiger partial charge in [0.1, 0.15) is 11.6 Å². The van der Waals surface area contributed by atoms with E-state index in [1.807, 2.05) is 0 Å². The molecule has 1 amide bonds. The van der Waals surface area contributed by atoms with Crippen molar-refractivity contribution in [2.75, 3.05) is 25.6 Å². The second-order valence-corrected chi connectivity index (χ2v) is 3.79. The number of benzene rings is 1. The molecular weight excluding hydrogens is 287 g/mol. The lowest BCUT2D eigenvalue weighted by Crippen LogP contribution is -2.28. The van der Waals surface area contributed by atoms with Crippen molar-refractivity contribution in [1.82, 2.24) is 5.32 Å². The maximum Gasteiger partial charge on any atom is 0.263 e. The van der Waals surface area contributed by atoms with Gasteiger partial charge >= 0.3 is 0 Å². The molecule has 21 heavy (non-hydrogen) atoms. The number of hydrogen-bond acceptors (Lipinski definition) is 4. The van der Waals surface area contributed by atoms with E-state index in [2.05, 4.69) is 10.6 Å². The van der Waals surface area contributed by atoms with Crippen molar-refractivity contribution < 1.29 is 22.7 Å². The fourth-order valence-electron chi connectivity index (χ4n) is 1.30. The zero-order valence-electron chi connectivity index (χ0n) is 11.0. The van der Waals surface area contributed by atoms with Crippen molar-refractivity contribution in [2.24, 2.45) is 0 Å². The average molecular weight is 299 g/mol. The van der Waals surface area contributed by atoms with E-state index in [0.717, 1.165) is 18.3 Å². The zero-order chi connectivity index (χ0) is 15.8. The Morgan fingerprint density at radius 3 is 2.71 bits per heavy atom. The summed E-state index contributed by atoms with van der Waals surface area (Å²) in [6.45, 7) is 0.448. The van der Waals surface area contributed by atoms with Crippen LogP contribution in [0.25, 0.3) is 0 Å². The highest BCUT2D eigenvalue weighted by atomic mass is 19.2. The van der Waals surface area contributed by atoms with Crippen molar-refractivity contribution in [3.05, 3.63) is 41.4 Å². The summed E-state index contributed by atoms with van der Waals surface area (Å²) in [6, 6.07) is 3.27. The van der Waals surface area contributed by atoms with Crippen LogP contribution >= 0.6 is 0 Å². The lowest BCUT2D eigenvalue weighted by atomic mass is 10.2. The van der Waals surface area contributed by atoms with Gasteiger partial charge in [-0.1, -0.05) is 0 Å². The van der Waals surface area contributed by atoms with Crippen LogP contribution in [0.3, 0.4) is 0 Å². The molecule has 2 N–H and O–H groups in total. The monoisotopic (exact) mass is 299 g/mol. The zero-order valence-corrected chi connectivity index (χ0v) is 11.0. The van der Waals surface area contributed by atoms with E-state index in [1.165, 1.54) is 7.11 Å². The number of nitrogens with zero attached hydrogens (tertiary/aromatic N) is 1. The molecule has 0 atom stereocenters. The Hall–Kier alpha value is -2.53. The number of nitrogens with one attached hydrogen (secondary N) is 2. The molecule has 1 rings (SSSR count). The summed E-state index contributed by atoms with van der Waals surface area (Å²) < 4.78 is 43.8.